The van der Waals surface area contributed by atoms with Gasteiger partial charge in [-0.2, -0.15) is 5.48 Å². The van der Waals surface area contributed by atoms with Crippen LogP contribution in [0, 0.1) is 0 Å². The van der Waals surface area contributed by atoms with Crippen LogP contribution in [0.5, 0.6) is 0 Å². The van der Waals surface area contributed by atoms with Gasteiger partial charge in [0.25, 0.3) is 0 Å². The second-order valence-corrected chi connectivity index (χ2v) is 4.96. The van der Waals surface area contributed by atoms with Crippen LogP contribution < -0.4 is 5.48 Å². The van der Waals surface area contributed by atoms with Gasteiger partial charge in [-0.1, -0.05) is 44.0 Å². The molecule has 1 atom stereocenters. The molecule has 1 unspecified atom stereocenters. The van der Waals surface area contributed by atoms with Crippen molar-refractivity contribution in [3.8, 4) is 0 Å². The zero-order valence-corrected chi connectivity index (χ0v) is 10.9. The number of hydrogen-bond acceptors (Lipinski definition) is 2. The fourth-order valence-electron chi connectivity index (χ4n) is 2.31. The van der Waals surface area contributed by atoms with E-state index in [1.54, 1.807) is 0 Å². The summed E-state index contributed by atoms with van der Waals surface area (Å²) < 4.78 is 0. The first-order chi connectivity index (χ1) is 8.29. The molecule has 1 aromatic carbocycles. The van der Waals surface area contributed by atoms with Crippen LogP contribution in [-0.2, 0) is 11.3 Å². The summed E-state index contributed by atoms with van der Waals surface area (Å²) in [5.41, 5.74) is 5.86. The molecule has 2 heteroatoms. The largest absolute Gasteiger partial charge is 0.298 e. The van der Waals surface area contributed by atoms with Crippen molar-refractivity contribution in [1.29, 1.82) is 0 Å². The van der Waals surface area contributed by atoms with Gasteiger partial charge in [0.1, 0.15) is 0 Å². The first kappa shape index (κ1) is 12.6. The van der Waals surface area contributed by atoms with E-state index in [-0.39, 0.29) is 6.04 Å². The number of aryl methyl sites for hydroxylation is 1. The Morgan fingerprint density at radius 3 is 2.47 bits per heavy atom. The molecule has 0 amide bonds. The lowest BCUT2D eigenvalue weighted by Crippen LogP contribution is -2.24. The SMILES string of the molecule is CCc1ccc(C(C)NOC2CCCC2)cc1. The van der Waals surface area contributed by atoms with Gasteiger partial charge in [-0.05, 0) is 37.3 Å². The minimum Gasteiger partial charge on any atom is -0.298 e. The lowest BCUT2D eigenvalue weighted by Gasteiger charge is -2.18. The van der Waals surface area contributed by atoms with Crippen molar-refractivity contribution in [2.24, 2.45) is 0 Å². The molecule has 1 aliphatic rings. The fourth-order valence-corrected chi connectivity index (χ4v) is 2.31. The minimum absolute atomic E-state index is 0.265. The summed E-state index contributed by atoms with van der Waals surface area (Å²) in [6.07, 6.45) is 6.55. The normalized spacial score (nSPS) is 18.5. The molecule has 0 spiro atoms. The highest BCUT2D eigenvalue weighted by atomic mass is 16.7. The molecular formula is C15H23NO. The van der Waals surface area contributed by atoms with E-state index in [0.717, 1.165) is 6.42 Å². The maximum absolute atomic E-state index is 5.73. The summed E-state index contributed by atoms with van der Waals surface area (Å²) in [7, 11) is 0. The third kappa shape index (κ3) is 3.55. The highest BCUT2D eigenvalue weighted by Crippen LogP contribution is 2.21. The average molecular weight is 233 g/mol. The first-order valence-corrected chi connectivity index (χ1v) is 6.79. The standard InChI is InChI=1S/C15H23NO/c1-3-13-8-10-14(11-9-13)12(2)16-17-15-6-4-5-7-15/h8-12,15-16H,3-7H2,1-2H3. The summed E-state index contributed by atoms with van der Waals surface area (Å²) in [5, 5.41) is 0. The van der Waals surface area contributed by atoms with Gasteiger partial charge in [0.15, 0.2) is 0 Å². The van der Waals surface area contributed by atoms with E-state index < -0.39 is 0 Å². The van der Waals surface area contributed by atoms with Gasteiger partial charge < -0.3 is 0 Å². The monoisotopic (exact) mass is 233 g/mol. The fraction of sp³-hybridized carbons (Fsp3) is 0.600. The van der Waals surface area contributed by atoms with Gasteiger partial charge in [0.2, 0.25) is 0 Å². The summed E-state index contributed by atoms with van der Waals surface area (Å²) >= 11 is 0. The number of rotatable bonds is 5. The summed E-state index contributed by atoms with van der Waals surface area (Å²) in [6.45, 7) is 4.33. The lowest BCUT2D eigenvalue weighted by molar-refractivity contribution is -0.0376. The van der Waals surface area contributed by atoms with Crippen molar-refractivity contribution < 1.29 is 4.84 Å². The number of hydrogen-bond donors (Lipinski definition) is 1. The van der Waals surface area contributed by atoms with Crippen LogP contribution in [0.2, 0.25) is 0 Å². The van der Waals surface area contributed by atoms with E-state index in [0.29, 0.717) is 6.10 Å². The summed E-state index contributed by atoms with van der Waals surface area (Å²) in [4.78, 5) is 5.73. The molecule has 0 saturated heterocycles. The zero-order chi connectivity index (χ0) is 12.1. The third-order valence-corrected chi connectivity index (χ3v) is 3.60. The van der Waals surface area contributed by atoms with Crippen LogP contribution in [0.4, 0.5) is 0 Å². The molecule has 0 heterocycles. The van der Waals surface area contributed by atoms with Crippen LogP contribution >= 0.6 is 0 Å². The van der Waals surface area contributed by atoms with Crippen molar-refractivity contribution >= 4 is 0 Å². The van der Waals surface area contributed by atoms with Crippen LogP contribution in [0.1, 0.15) is 56.7 Å². The molecule has 0 bridgehead atoms. The Balaban J connectivity index is 1.83. The number of nitrogens with one attached hydrogen (secondary N) is 1. The van der Waals surface area contributed by atoms with Crippen molar-refractivity contribution in [1.82, 2.24) is 5.48 Å². The van der Waals surface area contributed by atoms with Crippen LogP contribution in [0.15, 0.2) is 24.3 Å². The van der Waals surface area contributed by atoms with Crippen molar-refractivity contribution in [3.05, 3.63) is 35.4 Å². The zero-order valence-electron chi connectivity index (χ0n) is 10.9. The Bertz CT molecular complexity index is 327. The second kappa shape index (κ2) is 6.18. The van der Waals surface area contributed by atoms with Gasteiger partial charge >= 0.3 is 0 Å². The van der Waals surface area contributed by atoms with Gasteiger partial charge in [-0.15, -0.1) is 0 Å². The maximum Gasteiger partial charge on any atom is 0.0790 e. The molecule has 1 aliphatic carbocycles. The topological polar surface area (TPSA) is 21.3 Å². The number of hydroxylamine groups is 1. The number of benzene rings is 1. The lowest BCUT2D eigenvalue weighted by atomic mass is 10.1. The van der Waals surface area contributed by atoms with E-state index in [4.69, 9.17) is 4.84 Å². The Labute approximate surface area is 104 Å². The van der Waals surface area contributed by atoms with E-state index in [2.05, 4.69) is 43.6 Å². The quantitative estimate of drug-likeness (QED) is 0.782. The highest BCUT2D eigenvalue weighted by molar-refractivity contribution is 5.24. The Morgan fingerprint density at radius 1 is 1.24 bits per heavy atom. The van der Waals surface area contributed by atoms with Gasteiger partial charge in [0, 0.05) is 0 Å². The predicted octanol–water partition coefficient (Wildman–Crippen LogP) is 3.77. The molecule has 2 nitrogen and oxygen atoms in total. The van der Waals surface area contributed by atoms with Crippen LogP contribution in [0.3, 0.4) is 0 Å². The summed E-state index contributed by atoms with van der Waals surface area (Å²) in [6, 6.07) is 9.04. The molecule has 0 aliphatic heterocycles. The molecule has 2 rings (SSSR count). The second-order valence-electron chi connectivity index (χ2n) is 4.96. The molecule has 1 saturated carbocycles. The molecule has 1 fully saturated rings. The van der Waals surface area contributed by atoms with Crippen molar-refractivity contribution in [3.63, 3.8) is 0 Å². The van der Waals surface area contributed by atoms with Crippen LogP contribution in [-0.4, -0.2) is 6.10 Å². The smallest absolute Gasteiger partial charge is 0.0790 e. The summed E-state index contributed by atoms with van der Waals surface area (Å²) in [5.74, 6) is 0. The Hall–Kier alpha value is -0.860. The molecule has 1 aromatic rings. The first-order valence-electron chi connectivity index (χ1n) is 6.79. The van der Waals surface area contributed by atoms with Crippen LogP contribution in [0.25, 0.3) is 0 Å². The van der Waals surface area contributed by atoms with Gasteiger partial charge in [0.05, 0.1) is 12.1 Å². The van der Waals surface area contributed by atoms with E-state index in [9.17, 15) is 0 Å². The van der Waals surface area contributed by atoms with E-state index in [1.807, 2.05) is 0 Å². The molecule has 1 N–H and O–H groups in total. The average Bonchev–Trinajstić information content (AvgIpc) is 2.89. The Kier molecular flexibility index (Phi) is 4.57. The Morgan fingerprint density at radius 2 is 1.88 bits per heavy atom. The molecule has 0 radical (unpaired) electrons. The molecular weight excluding hydrogens is 210 g/mol. The molecule has 94 valence electrons. The van der Waals surface area contributed by atoms with Crippen molar-refractivity contribution in [2.75, 3.05) is 0 Å². The van der Waals surface area contributed by atoms with E-state index >= 15 is 0 Å². The molecule has 17 heavy (non-hydrogen) atoms. The van der Waals surface area contributed by atoms with E-state index in [1.165, 1.54) is 36.8 Å². The highest BCUT2D eigenvalue weighted by Gasteiger charge is 2.16. The maximum atomic E-state index is 5.73. The third-order valence-electron chi connectivity index (χ3n) is 3.60. The van der Waals surface area contributed by atoms with Gasteiger partial charge in [-0.3, -0.25) is 4.84 Å². The molecule has 0 aromatic heterocycles. The van der Waals surface area contributed by atoms with Gasteiger partial charge in [-0.25, -0.2) is 0 Å². The van der Waals surface area contributed by atoms with Crippen molar-refractivity contribution in [2.45, 2.75) is 58.1 Å². The predicted molar refractivity (Wildman–Crippen MR) is 70.7 cm³/mol. The minimum atomic E-state index is 0.265.